The highest BCUT2D eigenvalue weighted by Gasteiger charge is 2.32. The third kappa shape index (κ3) is 4.24. The summed E-state index contributed by atoms with van der Waals surface area (Å²) in [6.45, 7) is 10.8. The van der Waals surface area contributed by atoms with E-state index in [0.29, 0.717) is 54.0 Å². The molecule has 0 saturated carbocycles. The van der Waals surface area contributed by atoms with E-state index in [2.05, 4.69) is 10.4 Å². The third-order valence-electron chi connectivity index (χ3n) is 4.87. The lowest BCUT2D eigenvalue weighted by Crippen LogP contribution is -2.44. The number of aryl methyl sites for hydroxylation is 2. The Morgan fingerprint density at radius 2 is 2.00 bits per heavy atom. The van der Waals surface area contributed by atoms with Crippen LogP contribution in [-0.2, 0) is 11.3 Å². The average Bonchev–Trinajstić information content (AvgIpc) is 2.93. The van der Waals surface area contributed by atoms with E-state index in [9.17, 15) is 9.59 Å². The van der Waals surface area contributed by atoms with E-state index in [1.54, 1.807) is 34.7 Å². The normalized spacial score (nSPS) is 13.7. The van der Waals surface area contributed by atoms with E-state index in [1.807, 2.05) is 27.7 Å². The van der Waals surface area contributed by atoms with Gasteiger partial charge in [0.1, 0.15) is 12.4 Å². The van der Waals surface area contributed by atoms with Gasteiger partial charge in [-0.2, -0.15) is 5.10 Å². The largest absolute Gasteiger partial charge is 0.490 e. The Kier molecular flexibility index (Phi) is 5.89. The minimum atomic E-state index is -0.515. The zero-order valence-electron chi connectivity index (χ0n) is 17.5. The zero-order valence-corrected chi connectivity index (χ0v) is 18.3. The number of aromatic nitrogens is 2. The van der Waals surface area contributed by atoms with Gasteiger partial charge in [-0.05, 0) is 32.0 Å². The summed E-state index contributed by atoms with van der Waals surface area (Å²) < 4.78 is 7.43. The van der Waals surface area contributed by atoms with Gasteiger partial charge in [0.2, 0.25) is 5.91 Å². The fourth-order valence-electron chi connectivity index (χ4n) is 3.43. The molecule has 1 aliphatic heterocycles. The first-order chi connectivity index (χ1) is 13.6. The summed E-state index contributed by atoms with van der Waals surface area (Å²) >= 11 is 5.81. The molecule has 0 aliphatic carbocycles. The Bertz CT molecular complexity index is 946. The van der Waals surface area contributed by atoms with Crippen molar-refractivity contribution >= 4 is 34.8 Å². The number of nitrogens with zero attached hydrogens (tertiary/aromatic N) is 3. The van der Waals surface area contributed by atoms with E-state index in [1.165, 1.54) is 0 Å². The van der Waals surface area contributed by atoms with Gasteiger partial charge in [0.05, 0.1) is 30.0 Å². The topological polar surface area (TPSA) is 76.5 Å². The molecule has 1 aromatic heterocycles. The standard InChI is InChI=1S/C21H27ClN4O3/c1-13-18(14(2)26(24-13)9-8-22)19(27)23-15-6-7-17-16(12-15)25(10-11-29-17)20(28)21(3,4)5/h6-7,12H,8-11H2,1-5H3,(H,23,27). The summed E-state index contributed by atoms with van der Waals surface area (Å²) in [6, 6.07) is 5.34. The molecule has 7 nitrogen and oxygen atoms in total. The van der Waals surface area contributed by atoms with E-state index >= 15 is 0 Å². The maximum Gasteiger partial charge on any atom is 0.259 e. The van der Waals surface area contributed by atoms with Crippen LogP contribution in [-0.4, -0.2) is 40.6 Å². The van der Waals surface area contributed by atoms with Crippen LogP contribution in [0.5, 0.6) is 5.75 Å². The van der Waals surface area contributed by atoms with Gasteiger partial charge in [-0.1, -0.05) is 20.8 Å². The highest BCUT2D eigenvalue weighted by molar-refractivity contribution is 6.17. The first-order valence-corrected chi connectivity index (χ1v) is 10.2. The second-order valence-corrected chi connectivity index (χ2v) is 8.53. The van der Waals surface area contributed by atoms with Gasteiger partial charge in [-0.25, -0.2) is 0 Å². The van der Waals surface area contributed by atoms with E-state index in [4.69, 9.17) is 16.3 Å². The summed E-state index contributed by atoms with van der Waals surface area (Å²) in [7, 11) is 0. The molecular weight excluding hydrogens is 392 g/mol. The lowest BCUT2D eigenvalue weighted by atomic mass is 9.94. The van der Waals surface area contributed by atoms with Gasteiger partial charge in [-0.15, -0.1) is 11.6 Å². The first kappa shape index (κ1) is 21.2. The molecule has 0 radical (unpaired) electrons. The quantitative estimate of drug-likeness (QED) is 0.767. The predicted octanol–water partition coefficient (Wildman–Crippen LogP) is 3.76. The number of carbonyl (C=O) groups is 2. The van der Waals surface area contributed by atoms with Crippen molar-refractivity contribution in [1.29, 1.82) is 0 Å². The van der Waals surface area contributed by atoms with Gasteiger partial charge in [0.15, 0.2) is 0 Å². The molecule has 0 saturated heterocycles. The van der Waals surface area contributed by atoms with Crippen LogP contribution in [0.1, 0.15) is 42.5 Å². The minimum absolute atomic E-state index is 0.0135. The van der Waals surface area contributed by atoms with Gasteiger partial charge < -0.3 is 15.0 Å². The number of hydrogen-bond acceptors (Lipinski definition) is 4. The molecule has 1 N–H and O–H groups in total. The van der Waals surface area contributed by atoms with Gasteiger partial charge in [0.25, 0.3) is 5.91 Å². The minimum Gasteiger partial charge on any atom is -0.490 e. The number of nitrogens with one attached hydrogen (secondary N) is 1. The molecule has 0 fully saturated rings. The number of carbonyl (C=O) groups excluding carboxylic acids is 2. The molecule has 0 spiro atoms. The lowest BCUT2D eigenvalue weighted by molar-refractivity contribution is -0.126. The summed E-state index contributed by atoms with van der Waals surface area (Å²) in [5.74, 6) is 0.825. The van der Waals surface area contributed by atoms with Gasteiger partial charge in [0, 0.05) is 22.7 Å². The second-order valence-electron chi connectivity index (χ2n) is 8.15. The van der Waals surface area contributed by atoms with E-state index in [0.717, 1.165) is 5.69 Å². The molecule has 0 atom stereocenters. The molecule has 29 heavy (non-hydrogen) atoms. The van der Waals surface area contributed by atoms with Crippen molar-refractivity contribution < 1.29 is 14.3 Å². The number of fused-ring (bicyclic) bond motifs is 1. The molecular formula is C21H27ClN4O3. The number of halogens is 1. The van der Waals surface area contributed by atoms with Crippen molar-refractivity contribution in [3.8, 4) is 5.75 Å². The average molecular weight is 419 g/mol. The SMILES string of the molecule is Cc1nn(CCCl)c(C)c1C(=O)Nc1ccc2c(c1)N(C(=O)C(C)(C)C)CCO2. The van der Waals surface area contributed by atoms with E-state index in [-0.39, 0.29) is 11.8 Å². The van der Waals surface area contributed by atoms with Crippen LogP contribution in [0.15, 0.2) is 18.2 Å². The number of benzene rings is 1. The van der Waals surface area contributed by atoms with Crippen LogP contribution in [0.3, 0.4) is 0 Å². The van der Waals surface area contributed by atoms with Crippen LogP contribution >= 0.6 is 11.6 Å². The molecule has 156 valence electrons. The Labute approximate surface area is 176 Å². The molecule has 3 rings (SSSR count). The van der Waals surface area contributed by atoms with Gasteiger partial charge in [-0.3, -0.25) is 14.3 Å². The molecule has 2 aromatic rings. The molecule has 1 aromatic carbocycles. The Morgan fingerprint density at radius 1 is 1.28 bits per heavy atom. The highest BCUT2D eigenvalue weighted by Crippen LogP contribution is 2.36. The molecule has 8 heteroatoms. The maximum absolute atomic E-state index is 12.9. The lowest BCUT2D eigenvalue weighted by Gasteiger charge is -2.34. The summed E-state index contributed by atoms with van der Waals surface area (Å²) in [6.07, 6.45) is 0. The zero-order chi connectivity index (χ0) is 21.3. The van der Waals surface area contributed by atoms with Crippen molar-refractivity contribution in [3.63, 3.8) is 0 Å². The fourth-order valence-corrected chi connectivity index (χ4v) is 3.59. The summed E-state index contributed by atoms with van der Waals surface area (Å²) in [5, 5.41) is 7.32. The Hall–Kier alpha value is -2.54. The smallest absolute Gasteiger partial charge is 0.259 e. The maximum atomic E-state index is 12.9. The highest BCUT2D eigenvalue weighted by atomic mass is 35.5. The molecule has 0 bridgehead atoms. The Morgan fingerprint density at radius 3 is 2.66 bits per heavy atom. The number of hydrogen-bond donors (Lipinski definition) is 1. The number of anilines is 2. The molecule has 1 aliphatic rings. The van der Waals surface area contributed by atoms with Crippen LogP contribution in [0.2, 0.25) is 0 Å². The van der Waals surface area contributed by atoms with Crippen LogP contribution in [0, 0.1) is 19.3 Å². The number of alkyl halides is 1. The van der Waals surface area contributed by atoms with Crippen molar-refractivity contribution in [2.45, 2.75) is 41.2 Å². The second kappa shape index (κ2) is 8.06. The molecule has 2 amide bonds. The van der Waals surface area contributed by atoms with Crippen molar-refractivity contribution in [2.75, 3.05) is 29.2 Å². The molecule has 2 heterocycles. The van der Waals surface area contributed by atoms with Crippen LogP contribution in [0.4, 0.5) is 11.4 Å². The first-order valence-electron chi connectivity index (χ1n) is 9.63. The van der Waals surface area contributed by atoms with Crippen molar-refractivity contribution in [1.82, 2.24) is 9.78 Å². The summed E-state index contributed by atoms with van der Waals surface area (Å²) in [5.41, 5.74) is 2.70. The number of rotatable bonds is 4. The Balaban J connectivity index is 1.89. The van der Waals surface area contributed by atoms with Crippen LogP contribution in [0.25, 0.3) is 0 Å². The van der Waals surface area contributed by atoms with E-state index < -0.39 is 5.41 Å². The van der Waals surface area contributed by atoms with Crippen molar-refractivity contribution in [3.05, 3.63) is 35.2 Å². The molecule has 0 unspecified atom stereocenters. The third-order valence-corrected chi connectivity index (χ3v) is 5.04. The van der Waals surface area contributed by atoms with Crippen LogP contribution < -0.4 is 15.0 Å². The number of ether oxygens (including phenoxy) is 1. The fraction of sp³-hybridized carbons (Fsp3) is 0.476. The van der Waals surface area contributed by atoms with Gasteiger partial charge >= 0.3 is 0 Å². The number of amides is 2. The van der Waals surface area contributed by atoms with Crippen molar-refractivity contribution in [2.24, 2.45) is 5.41 Å². The monoisotopic (exact) mass is 418 g/mol. The predicted molar refractivity (Wildman–Crippen MR) is 114 cm³/mol. The summed E-state index contributed by atoms with van der Waals surface area (Å²) in [4.78, 5) is 27.5.